The average Bonchev–Trinajstić information content (AvgIpc) is 3.07. The summed E-state index contributed by atoms with van der Waals surface area (Å²) in [5.74, 6) is -2.19. The number of amides is 1. The van der Waals surface area contributed by atoms with Gasteiger partial charge in [-0.3, -0.25) is 9.52 Å². The molecular formula is C19H18BF3N2O6S. The van der Waals surface area contributed by atoms with Crippen LogP contribution in [0.5, 0.6) is 0 Å². The Hall–Kier alpha value is -3.03. The van der Waals surface area contributed by atoms with E-state index >= 15 is 0 Å². The van der Waals surface area contributed by atoms with E-state index in [0.717, 1.165) is 18.2 Å². The first-order valence-corrected chi connectivity index (χ1v) is 10.8. The number of benzene rings is 2. The van der Waals surface area contributed by atoms with E-state index in [9.17, 15) is 31.4 Å². The highest BCUT2D eigenvalue weighted by molar-refractivity contribution is 7.92. The number of ether oxygens (including phenoxy) is 1. The van der Waals surface area contributed by atoms with E-state index in [0.29, 0.717) is 11.0 Å². The van der Waals surface area contributed by atoms with Gasteiger partial charge in [0, 0.05) is 16.9 Å². The molecule has 0 aromatic heterocycles. The Labute approximate surface area is 182 Å². The fourth-order valence-electron chi connectivity index (χ4n) is 2.91. The van der Waals surface area contributed by atoms with Crippen molar-refractivity contribution in [2.24, 2.45) is 0 Å². The number of rotatable bonds is 7. The predicted octanol–water partition coefficient (Wildman–Crippen LogP) is 2.21. The number of halogens is 3. The minimum Gasteiger partial charge on any atom is -0.501 e. The van der Waals surface area contributed by atoms with Crippen molar-refractivity contribution in [2.75, 3.05) is 16.6 Å². The zero-order valence-electron chi connectivity index (χ0n) is 16.6. The molecule has 0 fully saturated rings. The third-order valence-electron chi connectivity index (χ3n) is 4.39. The Morgan fingerprint density at radius 2 is 1.97 bits per heavy atom. The summed E-state index contributed by atoms with van der Waals surface area (Å²) in [6.45, 7) is 2.16. The van der Waals surface area contributed by atoms with Crippen LogP contribution in [0.3, 0.4) is 0 Å². The molecule has 3 rings (SSSR count). The second kappa shape index (κ2) is 9.22. The summed E-state index contributed by atoms with van der Waals surface area (Å²) in [6, 6.07) is 7.70. The first-order valence-electron chi connectivity index (χ1n) is 9.27. The Morgan fingerprint density at radius 1 is 1.25 bits per heavy atom. The minimum atomic E-state index is -5.10. The zero-order valence-corrected chi connectivity index (χ0v) is 17.5. The summed E-state index contributed by atoms with van der Waals surface area (Å²) in [5, 5.41) is 11.5. The van der Waals surface area contributed by atoms with Crippen molar-refractivity contribution in [3.8, 4) is 0 Å². The highest BCUT2D eigenvalue weighted by atomic mass is 32.2. The molecule has 0 saturated heterocycles. The van der Waals surface area contributed by atoms with Gasteiger partial charge in [0.1, 0.15) is 0 Å². The molecule has 13 heteroatoms. The number of sulfonamides is 1. The first kappa shape index (κ1) is 23.6. The van der Waals surface area contributed by atoms with Crippen molar-refractivity contribution in [1.29, 1.82) is 0 Å². The molecule has 0 aliphatic carbocycles. The lowest BCUT2D eigenvalue weighted by Crippen LogP contribution is -2.30. The number of fused-ring (bicyclic) bond motifs is 1. The standard InChI is InChI=1S/C19H18BF3N2O6S/c1-2-30-8-7-12-9-14(24-18(26)19(21,22)23)5-6-17(12)32(28,29)25-15-4-3-13-11-31-20(27)16(13)10-15/h3-10,25,27H,2,11H2,1H3,(H,24,26)/b8-7+. The molecule has 0 atom stereocenters. The van der Waals surface area contributed by atoms with E-state index in [1.54, 1.807) is 18.3 Å². The molecule has 1 heterocycles. The van der Waals surface area contributed by atoms with Gasteiger partial charge >= 0.3 is 19.2 Å². The molecule has 32 heavy (non-hydrogen) atoms. The number of hydrogen-bond donors (Lipinski definition) is 3. The van der Waals surface area contributed by atoms with Crippen LogP contribution in [0.25, 0.3) is 6.08 Å². The van der Waals surface area contributed by atoms with Crippen LogP contribution in [-0.2, 0) is 30.8 Å². The van der Waals surface area contributed by atoms with E-state index in [2.05, 4.69) is 4.72 Å². The largest absolute Gasteiger partial charge is 0.501 e. The highest BCUT2D eigenvalue weighted by Crippen LogP contribution is 2.26. The summed E-state index contributed by atoms with van der Waals surface area (Å²) in [6.07, 6.45) is -2.66. The van der Waals surface area contributed by atoms with Gasteiger partial charge in [-0.1, -0.05) is 6.07 Å². The van der Waals surface area contributed by atoms with Gasteiger partial charge in [0.25, 0.3) is 10.0 Å². The van der Waals surface area contributed by atoms with Gasteiger partial charge in [0.05, 0.1) is 24.4 Å². The van der Waals surface area contributed by atoms with Gasteiger partial charge in [-0.05, 0) is 54.4 Å². The fraction of sp³-hybridized carbons (Fsp3) is 0.211. The van der Waals surface area contributed by atoms with Gasteiger partial charge in [-0.2, -0.15) is 13.2 Å². The van der Waals surface area contributed by atoms with Gasteiger partial charge in [0.15, 0.2) is 0 Å². The van der Waals surface area contributed by atoms with Crippen molar-refractivity contribution >= 4 is 46.0 Å². The molecule has 0 spiro atoms. The van der Waals surface area contributed by atoms with Crippen LogP contribution >= 0.6 is 0 Å². The lowest BCUT2D eigenvalue weighted by atomic mass is 9.79. The SMILES string of the molecule is CCO/C=C/c1cc(NC(=O)C(F)(F)F)ccc1S(=O)(=O)Nc1ccc2c(c1)B(O)OC2. The number of carbonyl (C=O) groups excluding carboxylic acids is 1. The first-order chi connectivity index (χ1) is 15.0. The van der Waals surface area contributed by atoms with Crippen molar-refractivity contribution in [1.82, 2.24) is 0 Å². The second-order valence-electron chi connectivity index (χ2n) is 6.65. The van der Waals surface area contributed by atoms with Crippen LogP contribution in [0, 0.1) is 0 Å². The van der Waals surface area contributed by atoms with Gasteiger partial charge < -0.3 is 19.7 Å². The molecule has 0 saturated carbocycles. The maximum absolute atomic E-state index is 13.0. The maximum Gasteiger partial charge on any atom is 0.491 e. The van der Waals surface area contributed by atoms with Crippen LogP contribution in [0.1, 0.15) is 18.1 Å². The summed E-state index contributed by atoms with van der Waals surface area (Å²) >= 11 is 0. The van der Waals surface area contributed by atoms with Gasteiger partial charge in [-0.25, -0.2) is 8.42 Å². The Kier molecular flexibility index (Phi) is 6.81. The molecule has 3 N–H and O–H groups in total. The monoisotopic (exact) mass is 470 g/mol. The third-order valence-corrected chi connectivity index (χ3v) is 5.84. The number of hydrogen-bond acceptors (Lipinski definition) is 6. The summed E-state index contributed by atoms with van der Waals surface area (Å²) < 4.78 is 76.1. The Balaban J connectivity index is 1.93. The van der Waals surface area contributed by atoms with Gasteiger partial charge in [0.2, 0.25) is 0 Å². The number of nitrogens with one attached hydrogen (secondary N) is 2. The van der Waals surface area contributed by atoms with Crippen molar-refractivity contribution in [3.05, 3.63) is 53.8 Å². The quantitative estimate of drug-likeness (QED) is 0.423. The fourth-order valence-corrected chi connectivity index (χ4v) is 4.14. The minimum absolute atomic E-state index is 0.0181. The molecule has 1 aliphatic rings. The number of carbonyl (C=O) groups is 1. The predicted molar refractivity (Wildman–Crippen MR) is 111 cm³/mol. The van der Waals surface area contributed by atoms with E-state index < -0.39 is 29.2 Å². The third kappa shape index (κ3) is 5.41. The molecule has 2 aromatic rings. The summed E-state index contributed by atoms with van der Waals surface area (Å²) in [5.41, 5.74) is 1.02. The number of anilines is 2. The van der Waals surface area contributed by atoms with Crippen LogP contribution in [0.2, 0.25) is 0 Å². The maximum atomic E-state index is 13.0. The molecular weight excluding hydrogens is 452 g/mol. The van der Waals surface area contributed by atoms with E-state index in [1.165, 1.54) is 24.5 Å². The van der Waals surface area contributed by atoms with Crippen LogP contribution in [-0.4, -0.2) is 39.3 Å². The van der Waals surface area contributed by atoms with Gasteiger partial charge in [-0.15, -0.1) is 0 Å². The highest BCUT2D eigenvalue weighted by Gasteiger charge is 2.38. The molecule has 8 nitrogen and oxygen atoms in total. The molecule has 2 aromatic carbocycles. The zero-order chi connectivity index (χ0) is 23.5. The topological polar surface area (TPSA) is 114 Å². The smallest absolute Gasteiger partial charge is 0.491 e. The summed E-state index contributed by atoms with van der Waals surface area (Å²) in [7, 11) is -5.37. The molecule has 1 aliphatic heterocycles. The van der Waals surface area contributed by atoms with Crippen LogP contribution in [0.4, 0.5) is 24.5 Å². The van der Waals surface area contributed by atoms with Crippen LogP contribution < -0.4 is 15.5 Å². The van der Waals surface area contributed by atoms with Crippen molar-refractivity contribution in [3.63, 3.8) is 0 Å². The van der Waals surface area contributed by atoms with Crippen molar-refractivity contribution < 1.29 is 40.8 Å². The van der Waals surface area contributed by atoms with E-state index in [4.69, 9.17) is 9.39 Å². The Morgan fingerprint density at radius 3 is 2.66 bits per heavy atom. The molecule has 0 radical (unpaired) electrons. The van der Waals surface area contributed by atoms with Crippen molar-refractivity contribution in [2.45, 2.75) is 24.6 Å². The normalized spacial score (nSPS) is 13.8. The summed E-state index contributed by atoms with van der Waals surface area (Å²) in [4.78, 5) is 10.9. The molecule has 1 amide bonds. The second-order valence-corrected chi connectivity index (χ2v) is 8.30. The van der Waals surface area contributed by atoms with E-state index in [-0.39, 0.29) is 35.0 Å². The molecule has 0 unspecified atom stereocenters. The Bertz CT molecular complexity index is 1150. The average molecular weight is 470 g/mol. The lowest BCUT2D eigenvalue weighted by Gasteiger charge is -2.14. The molecule has 170 valence electrons. The van der Waals surface area contributed by atoms with Crippen LogP contribution in [0.15, 0.2) is 47.6 Å². The molecule has 0 bridgehead atoms. The van der Waals surface area contributed by atoms with E-state index in [1.807, 2.05) is 0 Å². The lowest BCUT2D eigenvalue weighted by molar-refractivity contribution is -0.167. The number of alkyl halides is 3.